The topological polar surface area (TPSA) is 66.5 Å². The molecule has 0 aromatic heterocycles. The van der Waals surface area contributed by atoms with Crippen LogP contribution in [-0.4, -0.2) is 44.1 Å². The molecule has 1 saturated heterocycles. The largest absolute Gasteiger partial charge is 0.341 e. The number of amides is 1. The standard InChI is InChI=1S/C12H24N2O3S/c1-10(2)6-9-18(16,17)13-11(3)12(15)14-7-4-5-8-14/h10-11,13H,4-9H2,1-3H3/t11-/m0/s1. The molecule has 1 atom stereocenters. The summed E-state index contributed by atoms with van der Waals surface area (Å²) in [7, 11) is -3.35. The van der Waals surface area contributed by atoms with Crippen LogP contribution in [0.25, 0.3) is 0 Å². The summed E-state index contributed by atoms with van der Waals surface area (Å²) in [6, 6.07) is -0.653. The summed E-state index contributed by atoms with van der Waals surface area (Å²) in [4.78, 5) is 13.7. The minimum Gasteiger partial charge on any atom is -0.341 e. The Morgan fingerprint density at radius 3 is 2.28 bits per heavy atom. The van der Waals surface area contributed by atoms with E-state index in [-0.39, 0.29) is 11.7 Å². The monoisotopic (exact) mass is 276 g/mol. The maximum Gasteiger partial charge on any atom is 0.240 e. The van der Waals surface area contributed by atoms with Gasteiger partial charge in [0.25, 0.3) is 0 Å². The minimum absolute atomic E-state index is 0.0856. The molecular weight excluding hydrogens is 252 g/mol. The van der Waals surface area contributed by atoms with Crippen LogP contribution in [0.5, 0.6) is 0 Å². The van der Waals surface area contributed by atoms with Gasteiger partial charge in [-0.15, -0.1) is 0 Å². The zero-order valence-corrected chi connectivity index (χ0v) is 12.3. The van der Waals surface area contributed by atoms with E-state index in [1.54, 1.807) is 11.8 Å². The molecule has 0 unspecified atom stereocenters. The van der Waals surface area contributed by atoms with Crippen LogP contribution in [0.4, 0.5) is 0 Å². The van der Waals surface area contributed by atoms with Crippen molar-refractivity contribution in [3.05, 3.63) is 0 Å². The van der Waals surface area contributed by atoms with Gasteiger partial charge in [-0.3, -0.25) is 4.79 Å². The Hall–Kier alpha value is -0.620. The van der Waals surface area contributed by atoms with Crippen molar-refractivity contribution in [2.24, 2.45) is 5.92 Å². The molecule has 106 valence electrons. The molecule has 0 spiro atoms. The number of likely N-dealkylation sites (tertiary alicyclic amines) is 1. The van der Waals surface area contributed by atoms with Crippen molar-refractivity contribution in [2.45, 2.75) is 46.1 Å². The highest BCUT2D eigenvalue weighted by Crippen LogP contribution is 2.10. The Bertz CT molecular complexity index is 373. The highest BCUT2D eigenvalue weighted by molar-refractivity contribution is 7.89. The molecule has 1 aliphatic rings. The zero-order chi connectivity index (χ0) is 13.8. The zero-order valence-electron chi connectivity index (χ0n) is 11.5. The van der Waals surface area contributed by atoms with E-state index in [0.29, 0.717) is 12.3 Å². The molecule has 0 aromatic rings. The molecule has 1 fully saturated rings. The lowest BCUT2D eigenvalue weighted by molar-refractivity contribution is -0.131. The van der Waals surface area contributed by atoms with Crippen LogP contribution in [-0.2, 0) is 14.8 Å². The van der Waals surface area contributed by atoms with Gasteiger partial charge in [-0.25, -0.2) is 13.1 Å². The molecule has 1 N–H and O–H groups in total. The van der Waals surface area contributed by atoms with E-state index < -0.39 is 16.1 Å². The number of nitrogens with one attached hydrogen (secondary N) is 1. The van der Waals surface area contributed by atoms with Gasteiger partial charge in [-0.2, -0.15) is 0 Å². The Labute approximate surface area is 110 Å². The van der Waals surface area contributed by atoms with E-state index in [0.717, 1.165) is 25.9 Å². The molecule has 1 rings (SSSR count). The summed E-state index contributed by atoms with van der Waals surface area (Å²) in [6.07, 6.45) is 2.64. The molecule has 5 nitrogen and oxygen atoms in total. The molecule has 1 heterocycles. The number of nitrogens with zero attached hydrogens (tertiary/aromatic N) is 1. The Kier molecular flexibility index (Phi) is 5.59. The lowest BCUT2D eigenvalue weighted by atomic mass is 10.2. The predicted octanol–water partition coefficient (Wildman–Crippen LogP) is 0.963. The first-order valence-corrected chi connectivity index (χ1v) is 8.26. The first-order chi connectivity index (χ1) is 8.32. The van der Waals surface area contributed by atoms with Crippen molar-refractivity contribution >= 4 is 15.9 Å². The average Bonchev–Trinajstić information content (AvgIpc) is 2.78. The van der Waals surface area contributed by atoms with Crippen LogP contribution in [0.1, 0.15) is 40.0 Å². The molecule has 6 heteroatoms. The molecular formula is C12H24N2O3S. The molecule has 0 aromatic carbocycles. The lowest BCUT2D eigenvalue weighted by Gasteiger charge is -2.21. The van der Waals surface area contributed by atoms with Crippen LogP contribution in [0.3, 0.4) is 0 Å². The fourth-order valence-electron chi connectivity index (χ4n) is 1.98. The molecule has 18 heavy (non-hydrogen) atoms. The van der Waals surface area contributed by atoms with E-state index in [1.807, 2.05) is 13.8 Å². The summed E-state index contributed by atoms with van der Waals surface area (Å²) in [5.41, 5.74) is 0. The lowest BCUT2D eigenvalue weighted by Crippen LogP contribution is -2.46. The van der Waals surface area contributed by atoms with Crippen molar-refractivity contribution in [3.8, 4) is 0 Å². The third-order valence-electron chi connectivity index (χ3n) is 3.11. The van der Waals surface area contributed by atoms with Gasteiger partial charge in [0.15, 0.2) is 0 Å². The summed E-state index contributed by atoms with van der Waals surface area (Å²) in [5, 5.41) is 0. The third-order valence-corrected chi connectivity index (χ3v) is 4.59. The quantitative estimate of drug-likeness (QED) is 0.786. The molecule has 0 bridgehead atoms. The van der Waals surface area contributed by atoms with Gasteiger partial charge in [-0.1, -0.05) is 13.8 Å². The maximum absolute atomic E-state index is 12.0. The number of carbonyl (C=O) groups excluding carboxylic acids is 1. The number of sulfonamides is 1. The molecule has 1 amide bonds. The Morgan fingerprint density at radius 2 is 1.78 bits per heavy atom. The van der Waals surface area contributed by atoms with Gasteiger partial charge in [-0.05, 0) is 32.1 Å². The molecule has 1 aliphatic heterocycles. The fraction of sp³-hybridized carbons (Fsp3) is 0.917. The van der Waals surface area contributed by atoms with Gasteiger partial charge in [0.05, 0.1) is 11.8 Å². The van der Waals surface area contributed by atoms with E-state index in [2.05, 4.69) is 4.72 Å². The van der Waals surface area contributed by atoms with Crippen LogP contribution >= 0.6 is 0 Å². The average molecular weight is 276 g/mol. The van der Waals surface area contributed by atoms with Crippen molar-refractivity contribution in [3.63, 3.8) is 0 Å². The smallest absolute Gasteiger partial charge is 0.240 e. The highest BCUT2D eigenvalue weighted by atomic mass is 32.2. The summed E-state index contributed by atoms with van der Waals surface area (Å²) in [6.45, 7) is 7.07. The molecule has 0 radical (unpaired) electrons. The second-order valence-electron chi connectivity index (χ2n) is 5.37. The third kappa shape index (κ3) is 4.94. The van der Waals surface area contributed by atoms with Gasteiger partial charge in [0.1, 0.15) is 0 Å². The van der Waals surface area contributed by atoms with Gasteiger partial charge in [0, 0.05) is 13.1 Å². The van der Waals surface area contributed by atoms with Crippen molar-refractivity contribution in [1.82, 2.24) is 9.62 Å². The molecule has 0 aliphatic carbocycles. The summed E-state index contributed by atoms with van der Waals surface area (Å²) in [5.74, 6) is 0.314. The SMILES string of the molecule is CC(C)CCS(=O)(=O)N[C@@H](C)C(=O)N1CCCC1. The second kappa shape index (κ2) is 6.52. The Morgan fingerprint density at radius 1 is 1.22 bits per heavy atom. The minimum atomic E-state index is -3.35. The van der Waals surface area contributed by atoms with Crippen molar-refractivity contribution < 1.29 is 13.2 Å². The van der Waals surface area contributed by atoms with Crippen molar-refractivity contribution in [1.29, 1.82) is 0 Å². The van der Waals surface area contributed by atoms with Gasteiger partial charge in [0.2, 0.25) is 15.9 Å². The normalized spacial score (nSPS) is 18.3. The van der Waals surface area contributed by atoms with E-state index in [1.165, 1.54) is 0 Å². The fourth-order valence-corrected chi connectivity index (χ4v) is 3.52. The van der Waals surface area contributed by atoms with Crippen LogP contribution in [0.2, 0.25) is 0 Å². The molecule has 0 saturated carbocycles. The summed E-state index contributed by atoms with van der Waals surface area (Å²) < 4.78 is 26.0. The first kappa shape index (κ1) is 15.4. The number of rotatable bonds is 6. The van der Waals surface area contributed by atoms with Crippen molar-refractivity contribution in [2.75, 3.05) is 18.8 Å². The predicted molar refractivity (Wildman–Crippen MR) is 71.7 cm³/mol. The summed E-state index contributed by atoms with van der Waals surface area (Å²) >= 11 is 0. The second-order valence-corrected chi connectivity index (χ2v) is 7.25. The number of hydrogen-bond acceptors (Lipinski definition) is 3. The van der Waals surface area contributed by atoms with Gasteiger partial charge < -0.3 is 4.90 Å². The van der Waals surface area contributed by atoms with E-state index in [9.17, 15) is 13.2 Å². The maximum atomic E-state index is 12.0. The number of hydrogen-bond donors (Lipinski definition) is 1. The van der Waals surface area contributed by atoms with E-state index >= 15 is 0 Å². The van der Waals surface area contributed by atoms with Crippen LogP contribution in [0, 0.1) is 5.92 Å². The first-order valence-electron chi connectivity index (χ1n) is 6.60. The van der Waals surface area contributed by atoms with Crippen LogP contribution in [0.15, 0.2) is 0 Å². The van der Waals surface area contributed by atoms with E-state index in [4.69, 9.17) is 0 Å². The highest BCUT2D eigenvalue weighted by Gasteiger charge is 2.26. The van der Waals surface area contributed by atoms with Gasteiger partial charge >= 0.3 is 0 Å². The van der Waals surface area contributed by atoms with Crippen LogP contribution < -0.4 is 4.72 Å². The number of carbonyl (C=O) groups is 1. The Balaban J connectivity index is 2.47.